The number of aryl methyl sites for hydroxylation is 1. The second-order valence-corrected chi connectivity index (χ2v) is 7.22. The zero-order valence-corrected chi connectivity index (χ0v) is 13.4. The molecule has 0 bridgehead atoms. The van der Waals surface area contributed by atoms with E-state index < -0.39 is 28.2 Å². The molecule has 0 amide bonds. The molecule has 0 saturated heterocycles. The van der Waals surface area contributed by atoms with Crippen LogP contribution in [0.4, 0.5) is 5.69 Å². The molecule has 18 heavy (non-hydrogen) atoms. The van der Waals surface area contributed by atoms with Crippen LogP contribution in [0.2, 0.25) is 0 Å². The van der Waals surface area contributed by atoms with E-state index in [1.54, 1.807) is 12.1 Å². The standard InChI is InChI=1S/C10H11Br2NO4S/c1-6-4-7(11)10(8(12)5-6)13-18(16,17)3-2-9(14)15/h4-5,13H,2-3H2,1H3,(H,14,15). The zero-order chi connectivity index (χ0) is 13.9. The van der Waals surface area contributed by atoms with Gasteiger partial charge in [0.15, 0.2) is 0 Å². The minimum absolute atomic E-state index is 0.367. The Kier molecular flexibility index (Phi) is 5.18. The molecule has 1 aromatic carbocycles. The minimum Gasteiger partial charge on any atom is -0.481 e. The summed E-state index contributed by atoms with van der Waals surface area (Å²) in [5, 5.41) is 8.48. The lowest BCUT2D eigenvalue weighted by Crippen LogP contribution is -2.19. The number of nitrogens with one attached hydrogen (secondary N) is 1. The van der Waals surface area contributed by atoms with Gasteiger partial charge < -0.3 is 5.11 Å². The molecule has 100 valence electrons. The van der Waals surface area contributed by atoms with Gasteiger partial charge in [0.2, 0.25) is 10.0 Å². The number of sulfonamides is 1. The Labute approximate surface area is 122 Å². The van der Waals surface area contributed by atoms with E-state index in [2.05, 4.69) is 36.6 Å². The smallest absolute Gasteiger partial charge is 0.304 e. The van der Waals surface area contributed by atoms with Crippen LogP contribution in [0.15, 0.2) is 21.1 Å². The average molecular weight is 401 g/mol. The van der Waals surface area contributed by atoms with Crippen LogP contribution in [0.5, 0.6) is 0 Å². The fourth-order valence-electron chi connectivity index (χ4n) is 1.23. The quantitative estimate of drug-likeness (QED) is 0.795. The van der Waals surface area contributed by atoms with Gasteiger partial charge >= 0.3 is 5.97 Å². The maximum atomic E-state index is 11.7. The molecule has 2 N–H and O–H groups in total. The van der Waals surface area contributed by atoms with Gasteiger partial charge in [-0.1, -0.05) is 0 Å². The third-order valence-electron chi connectivity index (χ3n) is 2.03. The average Bonchev–Trinajstić information content (AvgIpc) is 2.21. The summed E-state index contributed by atoms with van der Waals surface area (Å²) >= 11 is 6.51. The van der Waals surface area contributed by atoms with E-state index in [0.29, 0.717) is 14.6 Å². The van der Waals surface area contributed by atoms with Gasteiger partial charge in [-0.15, -0.1) is 0 Å². The van der Waals surface area contributed by atoms with Crippen LogP contribution >= 0.6 is 31.9 Å². The Hall–Kier alpha value is -0.600. The van der Waals surface area contributed by atoms with Crippen LogP contribution in [0.25, 0.3) is 0 Å². The van der Waals surface area contributed by atoms with Crippen molar-refractivity contribution in [3.63, 3.8) is 0 Å². The predicted molar refractivity (Wildman–Crippen MR) is 76.2 cm³/mol. The Morgan fingerprint density at radius 3 is 2.28 bits per heavy atom. The van der Waals surface area contributed by atoms with Crippen molar-refractivity contribution in [1.82, 2.24) is 0 Å². The van der Waals surface area contributed by atoms with Crippen molar-refractivity contribution < 1.29 is 18.3 Å². The zero-order valence-electron chi connectivity index (χ0n) is 9.41. The number of hydrogen-bond acceptors (Lipinski definition) is 3. The Morgan fingerprint density at radius 2 is 1.83 bits per heavy atom. The molecular formula is C10H11Br2NO4S. The fraction of sp³-hybridized carbons (Fsp3) is 0.300. The van der Waals surface area contributed by atoms with E-state index in [9.17, 15) is 13.2 Å². The van der Waals surface area contributed by atoms with Crippen LogP contribution in [-0.4, -0.2) is 25.2 Å². The number of carbonyl (C=O) groups is 1. The third kappa shape index (κ3) is 4.58. The van der Waals surface area contributed by atoms with Gasteiger partial charge in [-0.25, -0.2) is 8.42 Å². The molecule has 0 saturated carbocycles. The van der Waals surface area contributed by atoms with Crippen molar-refractivity contribution in [3.8, 4) is 0 Å². The molecule has 0 aromatic heterocycles. The molecule has 0 aliphatic heterocycles. The summed E-state index contributed by atoms with van der Waals surface area (Å²) in [6.07, 6.45) is -0.434. The highest BCUT2D eigenvalue weighted by Gasteiger charge is 2.16. The van der Waals surface area contributed by atoms with Gasteiger partial charge in [0.25, 0.3) is 0 Å². The maximum absolute atomic E-state index is 11.7. The molecule has 0 unspecified atom stereocenters. The van der Waals surface area contributed by atoms with Gasteiger partial charge in [0.05, 0.1) is 17.9 Å². The monoisotopic (exact) mass is 399 g/mol. The summed E-state index contributed by atoms with van der Waals surface area (Å²) < 4.78 is 26.9. The number of carboxylic acid groups (broad SMARTS) is 1. The number of carboxylic acids is 1. The first-order valence-corrected chi connectivity index (χ1v) is 8.13. The van der Waals surface area contributed by atoms with Gasteiger partial charge in [0.1, 0.15) is 0 Å². The lowest BCUT2D eigenvalue weighted by atomic mass is 10.2. The van der Waals surface area contributed by atoms with Crippen LogP contribution in [0.1, 0.15) is 12.0 Å². The van der Waals surface area contributed by atoms with Crippen molar-refractivity contribution in [1.29, 1.82) is 0 Å². The van der Waals surface area contributed by atoms with E-state index in [1.807, 2.05) is 6.92 Å². The topological polar surface area (TPSA) is 83.5 Å². The first-order valence-electron chi connectivity index (χ1n) is 4.89. The fourth-order valence-corrected chi connectivity index (χ4v) is 4.18. The number of anilines is 1. The molecule has 5 nitrogen and oxygen atoms in total. The number of benzene rings is 1. The summed E-state index contributed by atoms with van der Waals surface area (Å²) in [7, 11) is -3.68. The van der Waals surface area contributed by atoms with Crippen LogP contribution in [0, 0.1) is 6.92 Å². The highest BCUT2D eigenvalue weighted by molar-refractivity contribution is 9.11. The molecule has 1 aromatic rings. The summed E-state index contributed by atoms with van der Waals surface area (Å²) in [6.45, 7) is 1.87. The molecule has 0 radical (unpaired) electrons. The van der Waals surface area contributed by atoms with Gasteiger partial charge in [-0.05, 0) is 56.5 Å². The Morgan fingerprint density at radius 1 is 1.33 bits per heavy atom. The van der Waals surface area contributed by atoms with Crippen molar-refractivity contribution in [2.24, 2.45) is 0 Å². The molecule has 0 aliphatic rings. The second-order valence-electron chi connectivity index (χ2n) is 3.67. The van der Waals surface area contributed by atoms with Crippen LogP contribution < -0.4 is 4.72 Å². The third-order valence-corrected chi connectivity index (χ3v) is 4.54. The lowest BCUT2D eigenvalue weighted by Gasteiger charge is -2.11. The normalized spacial score (nSPS) is 11.3. The first kappa shape index (κ1) is 15.5. The summed E-state index contributed by atoms with van der Waals surface area (Å²) in [6, 6.07) is 3.53. The summed E-state index contributed by atoms with van der Waals surface area (Å²) in [5.74, 6) is -1.61. The van der Waals surface area contributed by atoms with Gasteiger partial charge in [-0.2, -0.15) is 0 Å². The van der Waals surface area contributed by atoms with Crippen molar-refractivity contribution in [2.75, 3.05) is 10.5 Å². The predicted octanol–water partition coefficient (Wildman–Crippen LogP) is 2.74. The molecule has 0 spiro atoms. The van der Waals surface area contributed by atoms with Gasteiger partial charge in [-0.3, -0.25) is 9.52 Å². The Balaban J connectivity index is 2.94. The Bertz CT molecular complexity index is 548. The highest BCUT2D eigenvalue weighted by atomic mass is 79.9. The molecule has 0 aliphatic carbocycles. The SMILES string of the molecule is Cc1cc(Br)c(NS(=O)(=O)CCC(=O)O)c(Br)c1. The van der Waals surface area contributed by atoms with E-state index in [0.717, 1.165) is 5.56 Å². The van der Waals surface area contributed by atoms with Crippen molar-refractivity contribution >= 4 is 53.5 Å². The number of halogens is 2. The molecule has 8 heteroatoms. The summed E-state index contributed by atoms with van der Waals surface area (Å²) in [5.41, 5.74) is 1.33. The van der Waals surface area contributed by atoms with E-state index in [4.69, 9.17) is 5.11 Å². The summed E-state index contributed by atoms with van der Waals surface area (Å²) in [4.78, 5) is 10.4. The molecule has 1 rings (SSSR count). The number of rotatable bonds is 5. The molecule has 0 fully saturated rings. The second kappa shape index (κ2) is 6.03. The highest BCUT2D eigenvalue weighted by Crippen LogP contribution is 2.33. The van der Waals surface area contributed by atoms with Crippen LogP contribution in [-0.2, 0) is 14.8 Å². The largest absolute Gasteiger partial charge is 0.481 e. The number of aliphatic carboxylic acids is 1. The van der Waals surface area contributed by atoms with E-state index >= 15 is 0 Å². The lowest BCUT2D eigenvalue weighted by molar-refractivity contribution is -0.136. The maximum Gasteiger partial charge on any atom is 0.304 e. The van der Waals surface area contributed by atoms with Crippen LogP contribution in [0.3, 0.4) is 0 Å². The molecule has 0 heterocycles. The van der Waals surface area contributed by atoms with Crippen molar-refractivity contribution in [2.45, 2.75) is 13.3 Å². The molecular weight excluding hydrogens is 390 g/mol. The number of hydrogen-bond donors (Lipinski definition) is 2. The van der Waals surface area contributed by atoms with Crippen molar-refractivity contribution in [3.05, 3.63) is 26.6 Å². The molecule has 0 atom stereocenters. The first-order chi connectivity index (χ1) is 8.21. The minimum atomic E-state index is -3.68. The van der Waals surface area contributed by atoms with Gasteiger partial charge in [0, 0.05) is 8.95 Å². The van der Waals surface area contributed by atoms with E-state index in [-0.39, 0.29) is 0 Å². The van der Waals surface area contributed by atoms with E-state index in [1.165, 1.54) is 0 Å².